The van der Waals surface area contributed by atoms with Gasteiger partial charge in [-0.25, -0.2) is 9.18 Å². The molecule has 2 amide bonds. The third-order valence-electron chi connectivity index (χ3n) is 5.07. The average molecular weight is 320 g/mol. The number of likely N-dealkylation sites (tertiary alicyclic amines) is 1. The van der Waals surface area contributed by atoms with Crippen molar-refractivity contribution in [2.45, 2.75) is 45.1 Å². The summed E-state index contributed by atoms with van der Waals surface area (Å²) in [4.78, 5) is 13.9. The predicted molar refractivity (Wildman–Crippen MR) is 87.0 cm³/mol. The molecule has 1 aliphatic heterocycles. The summed E-state index contributed by atoms with van der Waals surface area (Å²) in [7, 11) is 0. The molecule has 1 aliphatic carbocycles. The molecule has 1 heterocycles. The normalized spacial score (nSPS) is 19.7. The third-order valence-corrected chi connectivity index (χ3v) is 5.07. The van der Waals surface area contributed by atoms with E-state index in [1.54, 1.807) is 23.1 Å². The van der Waals surface area contributed by atoms with Gasteiger partial charge in [0, 0.05) is 6.54 Å². The fourth-order valence-corrected chi connectivity index (χ4v) is 3.50. The molecule has 4 nitrogen and oxygen atoms in total. The van der Waals surface area contributed by atoms with Crippen molar-refractivity contribution in [2.24, 2.45) is 5.41 Å². The number of nitrogens with one attached hydrogen (secondary N) is 1. The summed E-state index contributed by atoms with van der Waals surface area (Å²) in [6, 6.07) is 6.34. The minimum absolute atomic E-state index is 0.0271. The molecule has 2 fully saturated rings. The highest BCUT2D eigenvalue weighted by atomic mass is 19.1. The van der Waals surface area contributed by atoms with Gasteiger partial charge in [0.25, 0.3) is 0 Å². The molecule has 0 unspecified atom stereocenters. The van der Waals surface area contributed by atoms with Crippen molar-refractivity contribution >= 4 is 6.03 Å². The van der Waals surface area contributed by atoms with E-state index in [-0.39, 0.29) is 23.7 Å². The molecule has 0 radical (unpaired) electrons. The lowest BCUT2D eigenvalue weighted by Crippen LogP contribution is -2.60. The van der Waals surface area contributed by atoms with Crippen LogP contribution in [0.3, 0.4) is 0 Å². The van der Waals surface area contributed by atoms with E-state index in [2.05, 4.69) is 12.2 Å². The molecule has 126 valence electrons. The van der Waals surface area contributed by atoms with E-state index in [0.29, 0.717) is 18.5 Å². The first kappa shape index (κ1) is 16.1. The quantitative estimate of drug-likeness (QED) is 0.870. The summed E-state index contributed by atoms with van der Waals surface area (Å²) >= 11 is 0. The van der Waals surface area contributed by atoms with Gasteiger partial charge in [-0.2, -0.15) is 0 Å². The smallest absolute Gasteiger partial charge is 0.317 e. The largest absolute Gasteiger partial charge is 0.484 e. The summed E-state index contributed by atoms with van der Waals surface area (Å²) in [6.45, 7) is 4.00. The highest BCUT2D eigenvalue weighted by Gasteiger charge is 2.38. The summed E-state index contributed by atoms with van der Waals surface area (Å²) in [5.74, 6) is -0.101. The number of hydrogen-bond acceptors (Lipinski definition) is 2. The molecule has 0 atom stereocenters. The molecule has 3 rings (SSSR count). The third kappa shape index (κ3) is 3.59. The predicted octanol–water partition coefficient (Wildman–Crippen LogP) is 3.57. The zero-order valence-corrected chi connectivity index (χ0v) is 13.7. The Kier molecular flexibility index (Phi) is 4.74. The summed E-state index contributed by atoms with van der Waals surface area (Å²) in [6.07, 6.45) is 5.95. The Morgan fingerprint density at radius 1 is 1.39 bits per heavy atom. The zero-order valence-electron chi connectivity index (χ0n) is 13.7. The number of carbonyl (C=O) groups excluding carboxylic acids is 1. The van der Waals surface area contributed by atoms with Gasteiger partial charge >= 0.3 is 6.03 Å². The maximum Gasteiger partial charge on any atom is 0.317 e. The minimum Gasteiger partial charge on any atom is -0.484 e. The molecule has 1 saturated heterocycles. The molecule has 2 aliphatic rings. The van der Waals surface area contributed by atoms with Crippen LogP contribution in [0.25, 0.3) is 0 Å². The van der Waals surface area contributed by atoms with Gasteiger partial charge in [0.15, 0.2) is 11.6 Å². The van der Waals surface area contributed by atoms with Crippen molar-refractivity contribution in [1.29, 1.82) is 0 Å². The molecule has 0 bridgehead atoms. The number of urea groups is 1. The van der Waals surface area contributed by atoms with Gasteiger partial charge in [-0.05, 0) is 36.8 Å². The molecule has 1 aromatic rings. The Morgan fingerprint density at radius 2 is 2.13 bits per heavy atom. The van der Waals surface area contributed by atoms with Crippen LogP contribution in [0.15, 0.2) is 24.3 Å². The first-order valence-electron chi connectivity index (χ1n) is 8.56. The second-order valence-corrected chi connectivity index (χ2v) is 6.84. The van der Waals surface area contributed by atoms with Crippen LogP contribution < -0.4 is 10.1 Å². The number of halogens is 1. The van der Waals surface area contributed by atoms with Gasteiger partial charge in [-0.15, -0.1) is 0 Å². The maximum absolute atomic E-state index is 13.5. The lowest BCUT2D eigenvalue weighted by molar-refractivity contribution is 0.0383. The molecular formula is C18H25FN2O2. The van der Waals surface area contributed by atoms with Gasteiger partial charge < -0.3 is 15.0 Å². The maximum atomic E-state index is 13.5. The highest BCUT2D eigenvalue weighted by Crippen LogP contribution is 2.44. The number of ether oxygens (including phenoxy) is 1. The van der Waals surface area contributed by atoms with Crippen molar-refractivity contribution in [3.05, 3.63) is 30.1 Å². The Morgan fingerprint density at radius 3 is 2.74 bits per heavy atom. The second kappa shape index (κ2) is 6.77. The number of benzene rings is 1. The lowest BCUT2D eigenvalue weighted by Gasteiger charge is -2.44. The lowest BCUT2D eigenvalue weighted by atomic mass is 9.66. The number of nitrogens with zero attached hydrogens (tertiary/aromatic N) is 1. The molecular weight excluding hydrogens is 295 g/mol. The van der Waals surface area contributed by atoms with Crippen LogP contribution in [-0.4, -0.2) is 36.7 Å². The Hall–Kier alpha value is -1.78. The van der Waals surface area contributed by atoms with Crippen LogP contribution in [0.1, 0.15) is 39.0 Å². The van der Waals surface area contributed by atoms with E-state index in [0.717, 1.165) is 13.0 Å². The van der Waals surface area contributed by atoms with E-state index in [1.165, 1.54) is 31.7 Å². The molecule has 1 N–H and O–H groups in total. The van der Waals surface area contributed by atoms with Crippen LogP contribution >= 0.6 is 0 Å². The average Bonchev–Trinajstić information content (AvgIpc) is 2.46. The molecule has 1 aromatic carbocycles. The van der Waals surface area contributed by atoms with Gasteiger partial charge in [-0.1, -0.05) is 31.9 Å². The van der Waals surface area contributed by atoms with Crippen LogP contribution in [0.4, 0.5) is 9.18 Å². The standard InChI is InChI=1S/C18H25FN2O2/c1-2-8-18(9-5-10-18)13-20-17(22)21-11-14(12-21)23-16-7-4-3-6-15(16)19/h3-4,6-7,14H,2,5,8-13H2,1H3,(H,20,22). The topological polar surface area (TPSA) is 41.6 Å². The van der Waals surface area contributed by atoms with E-state index < -0.39 is 0 Å². The second-order valence-electron chi connectivity index (χ2n) is 6.84. The monoisotopic (exact) mass is 320 g/mol. The molecule has 0 spiro atoms. The summed E-state index contributed by atoms with van der Waals surface area (Å²) in [5.41, 5.74) is 0.332. The summed E-state index contributed by atoms with van der Waals surface area (Å²) < 4.78 is 19.1. The number of amides is 2. The van der Waals surface area contributed by atoms with Crippen LogP contribution in [0, 0.1) is 11.2 Å². The summed E-state index contributed by atoms with van der Waals surface area (Å²) in [5, 5.41) is 3.07. The fourth-order valence-electron chi connectivity index (χ4n) is 3.50. The Labute approximate surface area is 137 Å². The van der Waals surface area contributed by atoms with Crippen LogP contribution in [0.2, 0.25) is 0 Å². The highest BCUT2D eigenvalue weighted by molar-refractivity contribution is 5.75. The Bertz CT molecular complexity index is 554. The van der Waals surface area contributed by atoms with Crippen molar-refractivity contribution in [3.8, 4) is 5.75 Å². The van der Waals surface area contributed by atoms with Crippen LogP contribution in [-0.2, 0) is 0 Å². The molecule has 0 aromatic heterocycles. The fraction of sp³-hybridized carbons (Fsp3) is 0.611. The van der Waals surface area contributed by atoms with E-state index in [4.69, 9.17) is 4.74 Å². The molecule has 23 heavy (non-hydrogen) atoms. The number of para-hydroxylation sites is 1. The van der Waals surface area contributed by atoms with Crippen molar-refractivity contribution in [2.75, 3.05) is 19.6 Å². The SMILES string of the molecule is CCCC1(CNC(=O)N2CC(Oc3ccccc3F)C2)CCC1. The van der Waals surface area contributed by atoms with Gasteiger partial charge in [0.1, 0.15) is 6.10 Å². The van der Waals surface area contributed by atoms with Gasteiger partial charge in [-0.3, -0.25) is 0 Å². The molecule has 1 saturated carbocycles. The van der Waals surface area contributed by atoms with Crippen molar-refractivity contribution < 1.29 is 13.9 Å². The van der Waals surface area contributed by atoms with E-state index >= 15 is 0 Å². The molecule has 5 heteroatoms. The number of hydrogen-bond donors (Lipinski definition) is 1. The first-order chi connectivity index (χ1) is 11.1. The number of carbonyl (C=O) groups is 1. The van der Waals surface area contributed by atoms with Crippen molar-refractivity contribution in [1.82, 2.24) is 10.2 Å². The van der Waals surface area contributed by atoms with Gasteiger partial charge in [0.2, 0.25) is 0 Å². The Balaban J connectivity index is 1.41. The van der Waals surface area contributed by atoms with Crippen LogP contribution in [0.5, 0.6) is 5.75 Å². The first-order valence-corrected chi connectivity index (χ1v) is 8.56. The number of rotatable bonds is 6. The minimum atomic E-state index is -0.359. The zero-order chi connectivity index (χ0) is 16.3. The van der Waals surface area contributed by atoms with Gasteiger partial charge in [0.05, 0.1) is 13.1 Å². The van der Waals surface area contributed by atoms with Crippen molar-refractivity contribution in [3.63, 3.8) is 0 Å². The van der Waals surface area contributed by atoms with E-state index in [9.17, 15) is 9.18 Å². The van der Waals surface area contributed by atoms with E-state index in [1.807, 2.05) is 0 Å².